The predicted molar refractivity (Wildman–Crippen MR) is 177 cm³/mol. The Labute approximate surface area is 281 Å². The second-order valence-corrected chi connectivity index (χ2v) is 13.0. The minimum absolute atomic E-state index is 0.0178. The minimum Gasteiger partial charge on any atom is -0.453 e. The van der Waals surface area contributed by atoms with Gasteiger partial charge in [0.1, 0.15) is 11.4 Å². The number of H-pyrrole nitrogens is 1. The van der Waals surface area contributed by atoms with Gasteiger partial charge >= 0.3 is 6.18 Å². The third-order valence-electron chi connectivity index (χ3n) is 9.60. The normalized spacial score (nSPS) is 17.4. The summed E-state index contributed by atoms with van der Waals surface area (Å²) in [6.07, 6.45) is 0.518. The Bertz CT molecular complexity index is 2010. The fraction of sp³-hybridized carbons (Fsp3) is 0.361. The Kier molecular flexibility index (Phi) is 8.65. The van der Waals surface area contributed by atoms with E-state index in [9.17, 15) is 18.0 Å². The molecule has 5 heterocycles. The van der Waals surface area contributed by atoms with Gasteiger partial charge in [-0.3, -0.25) is 14.4 Å². The first kappa shape index (κ1) is 32.8. The molecule has 2 aromatic carbocycles. The molecule has 0 radical (unpaired) electrons. The maximum atomic E-state index is 15.1. The summed E-state index contributed by atoms with van der Waals surface area (Å²) in [5.74, 6) is -0.480. The van der Waals surface area contributed by atoms with Crippen molar-refractivity contribution in [3.8, 4) is 22.8 Å². The number of aromatic nitrogens is 4. The van der Waals surface area contributed by atoms with Gasteiger partial charge in [-0.15, -0.1) is 0 Å². The van der Waals surface area contributed by atoms with Crippen molar-refractivity contribution in [3.63, 3.8) is 0 Å². The third kappa shape index (κ3) is 6.77. The van der Waals surface area contributed by atoms with Gasteiger partial charge in [0.2, 0.25) is 5.91 Å². The Morgan fingerprint density at radius 3 is 2.55 bits per heavy atom. The van der Waals surface area contributed by atoms with E-state index in [1.807, 2.05) is 31.1 Å². The summed E-state index contributed by atoms with van der Waals surface area (Å²) in [4.78, 5) is 26.9. The molecule has 9 nitrogen and oxygen atoms in total. The third-order valence-corrected chi connectivity index (χ3v) is 9.60. The van der Waals surface area contributed by atoms with Crippen LogP contribution in [0.4, 0.5) is 17.6 Å². The van der Waals surface area contributed by atoms with Crippen molar-refractivity contribution in [2.75, 3.05) is 39.8 Å². The average Bonchev–Trinajstić information content (AvgIpc) is 3.70. The number of rotatable bonds is 7. The van der Waals surface area contributed by atoms with Crippen molar-refractivity contribution >= 4 is 16.9 Å². The molecule has 256 valence electrons. The summed E-state index contributed by atoms with van der Waals surface area (Å²) in [5, 5.41) is 4.66. The zero-order valence-electron chi connectivity index (χ0n) is 27.5. The number of hydrogen-bond acceptors (Lipinski definition) is 6. The summed E-state index contributed by atoms with van der Waals surface area (Å²) in [7, 11) is 3.81. The van der Waals surface area contributed by atoms with E-state index >= 15 is 4.39 Å². The molecule has 3 aromatic heterocycles. The van der Waals surface area contributed by atoms with E-state index in [0.29, 0.717) is 54.1 Å². The number of benzene rings is 2. The van der Waals surface area contributed by atoms with E-state index < -0.39 is 17.6 Å². The van der Waals surface area contributed by atoms with Gasteiger partial charge in [-0.2, -0.15) is 18.3 Å². The van der Waals surface area contributed by atoms with Crippen molar-refractivity contribution in [1.82, 2.24) is 34.4 Å². The molecule has 0 aliphatic carbocycles. The molecular weight excluding hydrogens is 638 g/mol. The first-order valence-electron chi connectivity index (χ1n) is 16.3. The standard InChI is InChI=1S/C36H37F4N7O2/c1-22-28-16-27(49-34-29-17-32(26-18-42-45(3)20-26)43-35(29)41-19-31(34)37)7-6-24(28)8-9-47(22)33(48)15-23-4-5-25(30(14-23)36(38,39)40)21-46-12-10-44(2)11-13-46/h4-7,14,16-20,22H,8-13,15,21H2,1-3H3,(H,41,43)/t22-/m0/s1. The predicted octanol–water partition coefficient (Wildman–Crippen LogP) is 6.35. The Morgan fingerprint density at radius 1 is 1.02 bits per heavy atom. The molecule has 13 heteroatoms. The molecule has 5 aromatic rings. The number of fused-ring (bicyclic) bond motifs is 2. The number of aromatic amines is 1. The molecule has 1 saturated heterocycles. The van der Waals surface area contributed by atoms with Crippen molar-refractivity contribution in [1.29, 1.82) is 0 Å². The van der Waals surface area contributed by atoms with E-state index in [2.05, 4.69) is 20.0 Å². The topological polar surface area (TPSA) is 82.5 Å². The lowest BCUT2D eigenvalue weighted by molar-refractivity contribution is -0.139. The fourth-order valence-corrected chi connectivity index (χ4v) is 6.82. The molecule has 1 amide bonds. The van der Waals surface area contributed by atoms with E-state index in [4.69, 9.17) is 4.74 Å². The molecule has 7 rings (SSSR count). The van der Waals surface area contributed by atoms with Crippen LogP contribution >= 0.6 is 0 Å². The number of nitrogens with one attached hydrogen (secondary N) is 1. The summed E-state index contributed by atoms with van der Waals surface area (Å²) in [6.45, 7) is 5.56. The van der Waals surface area contributed by atoms with E-state index in [1.54, 1.807) is 47.1 Å². The quantitative estimate of drug-likeness (QED) is 0.203. The summed E-state index contributed by atoms with van der Waals surface area (Å²) in [6, 6.07) is 11.2. The highest BCUT2D eigenvalue weighted by Crippen LogP contribution is 2.38. The van der Waals surface area contributed by atoms with Crippen LogP contribution in [-0.2, 0) is 37.4 Å². The van der Waals surface area contributed by atoms with Crippen LogP contribution in [0.15, 0.2) is 61.1 Å². The maximum absolute atomic E-state index is 15.1. The van der Waals surface area contributed by atoms with Crippen LogP contribution < -0.4 is 4.74 Å². The molecular formula is C36H37F4N7O2. The van der Waals surface area contributed by atoms with E-state index in [1.165, 1.54) is 6.07 Å². The molecule has 2 aliphatic rings. The van der Waals surface area contributed by atoms with Crippen LogP contribution in [-0.4, -0.2) is 80.1 Å². The van der Waals surface area contributed by atoms with Crippen LogP contribution in [0.2, 0.25) is 0 Å². The van der Waals surface area contributed by atoms with Gasteiger partial charge in [0, 0.05) is 58.1 Å². The van der Waals surface area contributed by atoms with Gasteiger partial charge in [0.25, 0.3) is 0 Å². The van der Waals surface area contributed by atoms with Crippen LogP contribution in [0.1, 0.15) is 40.8 Å². The number of hydrogen-bond donors (Lipinski definition) is 1. The lowest BCUT2D eigenvalue weighted by Gasteiger charge is -2.36. The molecule has 1 atom stereocenters. The van der Waals surface area contributed by atoms with Crippen molar-refractivity contribution in [2.45, 2.75) is 38.5 Å². The molecule has 1 N–H and O–H groups in total. The van der Waals surface area contributed by atoms with Crippen molar-refractivity contribution < 1.29 is 27.1 Å². The average molecular weight is 676 g/mol. The van der Waals surface area contributed by atoms with Gasteiger partial charge in [-0.1, -0.05) is 18.2 Å². The van der Waals surface area contributed by atoms with Crippen molar-refractivity contribution in [3.05, 3.63) is 94.7 Å². The van der Waals surface area contributed by atoms with Crippen molar-refractivity contribution in [2.24, 2.45) is 7.05 Å². The number of pyridine rings is 1. The van der Waals surface area contributed by atoms with E-state index in [0.717, 1.165) is 42.0 Å². The van der Waals surface area contributed by atoms with Crippen LogP contribution in [0.25, 0.3) is 22.3 Å². The lowest BCUT2D eigenvalue weighted by atomic mass is 9.92. The highest BCUT2D eigenvalue weighted by molar-refractivity contribution is 5.88. The van der Waals surface area contributed by atoms with Gasteiger partial charge in [0.05, 0.1) is 41.5 Å². The molecule has 0 bridgehead atoms. The van der Waals surface area contributed by atoms with Crippen LogP contribution in [0.3, 0.4) is 0 Å². The first-order chi connectivity index (χ1) is 23.4. The number of carbonyl (C=O) groups is 1. The number of alkyl halides is 3. The number of piperazine rings is 1. The Morgan fingerprint density at radius 2 is 1.82 bits per heavy atom. The number of aryl methyl sites for hydroxylation is 1. The largest absolute Gasteiger partial charge is 0.453 e. The van der Waals surface area contributed by atoms with Gasteiger partial charge in [-0.25, -0.2) is 9.37 Å². The molecule has 0 spiro atoms. The number of amides is 1. The fourth-order valence-electron chi connectivity index (χ4n) is 6.82. The van der Waals surface area contributed by atoms with E-state index in [-0.39, 0.29) is 36.2 Å². The minimum atomic E-state index is -4.53. The monoisotopic (exact) mass is 675 g/mol. The molecule has 2 aliphatic heterocycles. The maximum Gasteiger partial charge on any atom is 0.416 e. The highest BCUT2D eigenvalue weighted by Gasteiger charge is 2.35. The smallest absolute Gasteiger partial charge is 0.416 e. The summed E-state index contributed by atoms with van der Waals surface area (Å²) < 4.78 is 65.5. The number of nitrogens with zero attached hydrogens (tertiary/aromatic N) is 6. The second-order valence-electron chi connectivity index (χ2n) is 13.0. The van der Waals surface area contributed by atoms with Crippen LogP contribution in [0.5, 0.6) is 11.5 Å². The molecule has 49 heavy (non-hydrogen) atoms. The SMILES string of the molecule is C[C@H]1c2cc(Oc3c(F)cnc4[nH]c(-c5cnn(C)c5)cc34)ccc2CCN1C(=O)Cc1ccc(CN2CCN(C)CC2)c(C(F)(F)F)c1. The zero-order chi connectivity index (χ0) is 34.4. The van der Waals surface area contributed by atoms with Gasteiger partial charge < -0.3 is 19.5 Å². The number of likely N-dealkylation sites (N-methyl/N-ethyl adjacent to an activating group) is 1. The second kappa shape index (κ2) is 12.9. The number of carbonyl (C=O) groups excluding carboxylic acids is 1. The summed E-state index contributed by atoms with van der Waals surface area (Å²) in [5.41, 5.74) is 3.70. The first-order valence-corrected chi connectivity index (χ1v) is 16.3. The molecule has 1 fully saturated rings. The lowest BCUT2D eigenvalue weighted by Crippen LogP contribution is -2.44. The molecule has 0 unspecified atom stereocenters. The Hall–Kier alpha value is -4.75. The Balaban J connectivity index is 1.09. The highest BCUT2D eigenvalue weighted by atomic mass is 19.4. The number of halogens is 4. The van der Waals surface area contributed by atoms with Gasteiger partial charge in [-0.05, 0) is 66.9 Å². The summed E-state index contributed by atoms with van der Waals surface area (Å²) >= 11 is 0. The zero-order valence-corrected chi connectivity index (χ0v) is 27.5. The molecule has 0 saturated carbocycles. The number of ether oxygens (including phenoxy) is 1. The van der Waals surface area contributed by atoms with Gasteiger partial charge in [0.15, 0.2) is 11.6 Å². The van der Waals surface area contributed by atoms with Crippen LogP contribution in [0, 0.1) is 5.82 Å².